The molecule has 2 heterocycles. The Hall–Kier alpha value is -1.02. The molecule has 1 fully saturated rings. The summed E-state index contributed by atoms with van der Waals surface area (Å²) in [5.41, 5.74) is 0.0246. The number of hydrogen-bond donors (Lipinski definition) is 0. The molecule has 0 aliphatic carbocycles. The fraction of sp³-hybridized carbons (Fsp3) is 0.714. The Morgan fingerprint density at radius 1 is 1.35 bits per heavy atom. The Labute approximate surface area is 160 Å². The van der Waals surface area contributed by atoms with Crippen LogP contribution in [-0.4, -0.2) is 57.3 Å². The van der Waals surface area contributed by atoms with Crippen molar-refractivity contribution in [3.63, 3.8) is 0 Å². The number of aromatic nitrogens is 3. The molecule has 125 valence electrons. The summed E-state index contributed by atoms with van der Waals surface area (Å²) < 4.78 is 11.7. The number of rotatable bonds is 2. The van der Waals surface area contributed by atoms with Crippen LogP contribution in [-0.2, 0) is 47.0 Å². The van der Waals surface area contributed by atoms with Gasteiger partial charge in [0.1, 0.15) is 11.6 Å². The number of nitrogens with zero attached hydrogens (tertiary/aromatic N) is 4. The second kappa shape index (κ2) is 7.70. The Kier molecular flexibility index (Phi) is 6.71. The molecular formula is C14H21N4O4Y-. The second-order valence-electron chi connectivity index (χ2n) is 6.29. The fourth-order valence-electron chi connectivity index (χ4n) is 2.36. The maximum absolute atomic E-state index is 12.3. The minimum Gasteiger partial charge on any atom is -0.467 e. The van der Waals surface area contributed by atoms with Gasteiger partial charge in [-0.05, 0) is 27.2 Å². The number of carbonyl (C=O) groups is 2. The van der Waals surface area contributed by atoms with Crippen LogP contribution in [0.2, 0.25) is 0 Å². The number of hydrogen-bond acceptors (Lipinski definition) is 6. The number of esters is 1. The van der Waals surface area contributed by atoms with Gasteiger partial charge in [0, 0.05) is 45.3 Å². The molecule has 0 unspecified atom stereocenters. The van der Waals surface area contributed by atoms with Gasteiger partial charge in [-0.15, -0.1) is 10.9 Å². The van der Waals surface area contributed by atoms with Crippen LogP contribution in [0.3, 0.4) is 0 Å². The third-order valence-electron chi connectivity index (χ3n) is 3.29. The smallest absolute Gasteiger partial charge is 0.411 e. The molecular weight excluding hydrogens is 377 g/mol. The van der Waals surface area contributed by atoms with Gasteiger partial charge in [-0.25, -0.2) is 9.59 Å². The first-order chi connectivity index (χ1) is 10.2. The molecule has 1 aliphatic heterocycles. The van der Waals surface area contributed by atoms with E-state index in [1.54, 1.807) is 32.4 Å². The van der Waals surface area contributed by atoms with E-state index in [0.717, 1.165) is 0 Å². The van der Waals surface area contributed by atoms with Crippen molar-refractivity contribution >= 4 is 12.1 Å². The molecule has 1 saturated heterocycles. The van der Waals surface area contributed by atoms with Gasteiger partial charge in [0.25, 0.3) is 0 Å². The SMILES string of the molecule is COC(=O)[C@@H]1C[C@@H](n2[c-]c(C)nn2)CN1C(=O)OC(C)(C)C.[Y]. The van der Waals surface area contributed by atoms with Gasteiger partial charge in [-0.3, -0.25) is 4.90 Å². The zero-order chi connectivity index (χ0) is 16.5. The minimum absolute atomic E-state index is 0. The molecule has 0 N–H and O–H groups in total. The summed E-state index contributed by atoms with van der Waals surface area (Å²) in [5, 5.41) is 7.85. The summed E-state index contributed by atoms with van der Waals surface area (Å²) >= 11 is 0. The summed E-state index contributed by atoms with van der Waals surface area (Å²) in [5.74, 6) is -0.467. The maximum atomic E-state index is 12.3. The molecule has 0 bridgehead atoms. The first-order valence-corrected chi connectivity index (χ1v) is 7.10. The van der Waals surface area contributed by atoms with Gasteiger partial charge < -0.3 is 20.4 Å². The molecule has 2 atom stereocenters. The third kappa shape index (κ3) is 4.98. The Bertz CT molecular complexity index is 569. The summed E-state index contributed by atoms with van der Waals surface area (Å²) in [6, 6.07) is -0.874. The standard InChI is InChI=1S/C14H21N4O4.Y/c1-9-7-18(16-15-9)10-6-11(12(19)21-5)17(8-10)13(20)22-14(2,3)4;/h10-11H,6,8H2,1-5H3;/q-1;/t10-,11+;/m1./s1. The van der Waals surface area contributed by atoms with Crippen molar-refractivity contribution in [2.75, 3.05) is 13.7 Å². The molecule has 1 aromatic rings. The van der Waals surface area contributed by atoms with Crippen molar-refractivity contribution in [2.24, 2.45) is 0 Å². The number of likely N-dealkylation sites (tertiary alicyclic amines) is 1. The second-order valence-corrected chi connectivity index (χ2v) is 6.29. The molecule has 0 aromatic carbocycles. The van der Waals surface area contributed by atoms with Crippen molar-refractivity contribution < 1.29 is 51.8 Å². The predicted octanol–water partition coefficient (Wildman–Crippen LogP) is 1.11. The van der Waals surface area contributed by atoms with Crippen LogP contribution in [0.5, 0.6) is 0 Å². The van der Waals surface area contributed by atoms with Gasteiger partial charge in [0.2, 0.25) is 0 Å². The topological polar surface area (TPSA) is 86.6 Å². The monoisotopic (exact) mass is 398 g/mol. The van der Waals surface area contributed by atoms with Crippen molar-refractivity contribution in [2.45, 2.75) is 51.8 Å². The van der Waals surface area contributed by atoms with E-state index < -0.39 is 23.7 Å². The van der Waals surface area contributed by atoms with Gasteiger partial charge in [0.15, 0.2) is 0 Å². The number of carbonyl (C=O) groups excluding carboxylic acids is 2. The molecule has 2 rings (SSSR count). The normalized spacial score (nSPS) is 20.8. The Morgan fingerprint density at radius 3 is 2.48 bits per heavy atom. The average Bonchev–Trinajstić information content (AvgIpc) is 3.01. The molecule has 9 heteroatoms. The van der Waals surface area contributed by atoms with Crippen molar-refractivity contribution in [1.29, 1.82) is 0 Å². The molecule has 1 aromatic heterocycles. The van der Waals surface area contributed by atoms with E-state index in [4.69, 9.17) is 9.47 Å². The fourth-order valence-corrected chi connectivity index (χ4v) is 2.36. The van der Waals surface area contributed by atoms with Gasteiger partial charge in [-0.1, -0.05) is 6.92 Å². The molecule has 1 aliphatic rings. The van der Waals surface area contributed by atoms with E-state index in [0.29, 0.717) is 18.7 Å². The number of amides is 1. The van der Waals surface area contributed by atoms with E-state index >= 15 is 0 Å². The van der Waals surface area contributed by atoms with E-state index in [-0.39, 0.29) is 38.8 Å². The van der Waals surface area contributed by atoms with Crippen molar-refractivity contribution in [3.05, 3.63) is 11.9 Å². The zero-order valence-electron chi connectivity index (χ0n) is 14.1. The summed E-state index contributed by atoms with van der Waals surface area (Å²) in [7, 11) is 1.30. The summed E-state index contributed by atoms with van der Waals surface area (Å²) in [6.45, 7) is 7.41. The van der Waals surface area contributed by atoms with Gasteiger partial charge in [0.05, 0.1) is 7.11 Å². The summed E-state index contributed by atoms with van der Waals surface area (Å²) in [6.07, 6.45) is 2.82. The van der Waals surface area contributed by atoms with Crippen LogP contribution in [0.25, 0.3) is 0 Å². The maximum Gasteiger partial charge on any atom is 0.411 e. The largest absolute Gasteiger partial charge is 0.467 e. The van der Waals surface area contributed by atoms with Crippen LogP contribution < -0.4 is 0 Å². The molecule has 1 amide bonds. The molecule has 23 heavy (non-hydrogen) atoms. The van der Waals surface area contributed by atoms with Crippen molar-refractivity contribution in [1.82, 2.24) is 19.9 Å². The van der Waals surface area contributed by atoms with E-state index in [1.807, 2.05) is 0 Å². The predicted molar refractivity (Wildman–Crippen MR) is 76.0 cm³/mol. The van der Waals surface area contributed by atoms with Gasteiger partial charge >= 0.3 is 12.1 Å². The number of aryl methyl sites for hydroxylation is 1. The first kappa shape index (κ1) is 20.0. The molecule has 8 nitrogen and oxygen atoms in total. The molecule has 0 spiro atoms. The van der Waals surface area contributed by atoms with E-state index in [2.05, 4.69) is 16.5 Å². The quantitative estimate of drug-likeness (QED) is 0.548. The first-order valence-electron chi connectivity index (χ1n) is 7.10. The van der Waals surface area contributed by atoms with Crippen LogP contribution in [0.1, 0.15) is 38.9 Å². The van der Waals surface area contributed by atoms with Crippen molar-refractivity contribution in [3.8, 4) is 0 Å². The summed E-state index contributed by atoms with van der Waals surface area (Å²) in [4.78, 5) is 25.6. The number of methoxy groups -OCH3 is 1. The zero-order valence-corrected chi connectivity index (χ0v) is 16.9. The van der Waals surface area contributed by atoms with Crippen LogP contribution in [0.15, 0.2) is 0 Å². The van der Waals surface area contributed by atoms with Crippen LogP contribution in [0, 0.1) is 13.1 Å². The minimum atomic E-state index is -0.692. The molecule has 0 saturated carbocycles. The average molecular weight is 398 g/mol. The van der Waals surface area contributed by atoms with Gasteiger partial charge in [-0.2, -0.15) is 5.10 Å². The Balaban J connectivity index is 0.00000264. The van der Waals surface area contributed by atoms with E-state index in [9.17, 15) is 9.59 Å². The third-order valence-corrected chi connectivity index (χ3v) is 3.29. The Morgan fingerprint density at radius 2 is 2.00 bits per heavy atom. The van der Waals surface area contributed by atoms with Crippen LogP contribution in [0.4, 0.5) is 4.79 Å². The molecule has 1 radical (unpaired) electrons. The number of ether oxygens (including phenoxy) is 2. The van der Waals surface area contributed by atoms with Crippen LogP contribution >= 0.6 is 0 Å². The van der Waals surface area contributed by atoms with E-state index in [1.165, 1.54) is 12.0 Å².